The summed E-state index contributed by atoms with van der Waals surface area (Å²) in [5, 5.41) is 19.2. The van der Waals surface area contributed by atoms with Gasteiger partial charge >= 0.3 is 0 Å². The molecule has 2 aliphatic heterocycles. The highest BCUT2D eigenvalue weighted by atomic mass is 19.1. The van der Waals surface area contributed by atoms with E-state index in [-0.39, 0.29) is 5.82 Å². The molecule has 2 aromatic rings. The van der Waals surface area contributed by atoms with Crippen LogP contribution in [0.15, 0.2) is 24.3 Å². The molecule has 0 spiro atoms. The van der Waals surface area contributed by atoms with E-state index in [0.29, 0.717) is 55.2 Å². The fourth-order valence-corrected chi connectivity index (χ4v) is 4.41. The minimum absolute atomic E-state index is 0.293. The number of anilines is 4. The minimum Gasteiger partial charge on any atom is -0.380 e. The van der Waals surface area contributed by atoms with Gasteiger partial charge in [0.15, 0.2) is 5.82 Å². The van der Waals surface area contributed by atoms with E-state index in [1.807, 2.05) is 6.92 Å². The molecule has 4 rings (SSSR count). The molecule has 0 bridgehead atoms. The largest absolute Gasteiger partial charge is 0.380 e. The highest BCUT2D eigenvalue weighted by Gasteiger charge is 2.23. The van der Waals surface area contributed by atoms with Crippen LogP contribution in [0.25, 0.3) is 0 Å². The third-order valence-corrected chi connectivity index (χ3v) is 6.27. The molecule has 9 nitrogen and oxygen atoms in total. The summed E-state index contributed by atoms with van der Waals surface area (Å²) in [6, 6.07) is 6.21. The number of piperidine rings is 1. The van der Waals surface area contributed by atoms with Gasteiger partial charge in [-0.05, 0) is 57.1 Å². The molecule has 3 heterocycles. The van der Waals surface area contributed by atoms with Gasteiger partial charge in [0.05, 0.1) is 12.3 Å². The first kappa shape index (κ1) is 25.3. The van der Waals surface area contributed by atoms with Gasteiger partial charge in [0, 0.05) is 51.6 Å². The van der Waals surface area contributed by atoms with E-state index in [9.17, 15) is 4.39 Å². The third kappa shape index (κ3) is 7.09. The first-order valence-corrected chi connectivity index (χ1v) is 12.7. The lowest BCUT2D eigenvalue weighted by molar-refractivity contribution is 0.158. The van der Waals surface area contributed by atoms with Crippen LogP contribution in [-0.2, 0) is 4.74 Å². The lowest BCUT2D eigenvalue weighted by Crippen LogP contribution is -2.44. The molecule has 0 unspecified atom stereocenters. The molecule has 0 aliphatic carbocycles. The molecule has 0 atom stereocenters. The van der Waals surface area contributed by atoms with Gasteiger partial charge < -0.3 is 31.0 Å². The number of ether oxygens (including phenoxy) is 1. The number of likely N-dealkylation sites (tertiary alicyclic amines) is 1. The Morgan fingerprint density at radius 3 is 2.54 bits per heavy atom. The highest BCUT2D eigenvalue weighted by Crippen LogP contribution is 2.30. The molecule has 1 aromatic heterocycles. The van der Waals surface area contributed by atoms with E-state index in [2.05, 4.69) is 25.8 Å². The molecule has 0 saturated carbocycles. The molecular formula is C25H37FN8O. The molecular weight excluding hydrogens is 447 g/mol. The van der Waals surface area contributed by atoms with Crippen LogP contribution in [0.1, 0.15) is 31.9 Å². The van der Waals surface area contributed by atoms with Gasteiger partial charge in [-0.1, -0.05) is 6.42 Å². The average molecular weight is 485 g/mol. The van der Waals surface area contributed by atoms with Crippen LogP contribution in [0.3, 0.4) is 0 Å². The summed E-state index contributed by atoms with van der Waals surface area (Å²) < 4.78 is 19.0. The summed E-state index contributed by atoms with van der Waals surface area (Å²) in [6.45, 7) is 9.57. The highest BCUT2D eigenvalue weighted by molar-refractivity contribution is 6.05. The van der Waals surface area contributed by atoms with E-state index >= 15 is 0 Å². The Labute approximate surface area is 207 Å². The standard InChI is InChI=1S/C25H37FN8O/c1-2-35-17-12-29-23-22(21(27)18-33-13-4-3-5-14-33)31-25(34-15-10-28-11-16-34)32-24(23)30-20-8-6-19(26)7-9-20/h6-9,27-29H,2-5,10-18H2,1H3,(H,30,31,32). The number of halogens is 1. The van der Waals surface area contributed by atoms with E-state index in [4.69, 9.17) is 20.1 Å². The van der Waals surface area contributed by atoms with Crippen LogP contribution >= 0.6 is 0 Å². The Kier molecular flexibility index (Phi) is 9.21. The molecule has 1 aromatic carbocycles. The maximum atomic E-state index is 13.5. The number of nitrogens with one attached hydrogen (secondary N) is 4. The van der Waals surface area contributed by atoms with E-state index < -0.39 is 0 Å². The fraction of sp³-hybridized carbons (Fsp3) is 0.560. The van der Waals surface area contributed by atoms with Crippen LogP contribution < -0.4 is 20.9 Å². The number of rotatable bonds is 11. The van der Waals surface area contributed by atoms with E-state index in [1.54, 1.807) is 12.1 Å². The lowest BCUT2D eigenvalue weighted by atomic mass is 10.1. The van der Waals surface area contributed by atoms with Crippen molar-refractivity contribution < 1.29 is 9.13 Å². The predicted octanol–water partition coefficient (Wildman–Crippen LogP) is 3.07. The molecule has 2 saturated heterocycles. The zero-order valence-corrected chi connectivity index (χ0v) is 20.6. The summed E-state index contributed by atoms with van der Waals surface area (Å²) in [7, 11) is 0. The molecule has 0 amide bonds. The summed E-state index contributed by atoms with van der Waals surface area (Å²) >= 11 is 0. The van der Waals surface area contributed by atoms with Crippen LogP contribution in [0.2, 0.25) is 0 Å². The van der Waals surface area contributed by atoms with Crippen LogP contribution in [0.4, 0.5) is 27.5 Å². The predicted molar refractivity (Wildman–Crippen MR) is 139 cm³/mol. The molecule has 2 aliphatic rings. The number of hydrogen-bond donors (Lipinski definition) is 4. The number of benzene rings is 1. The first-order chi connectivity index (χ1) is 17.1. The molecule has 35 heavy (non-hydrogen) atoms. The molecule has 4 N–H and O–H groups in total. The number of piperazine rings is 1. The monoisotopic (exact) mass is 484 g/mol. The van der Waals surface area contributed by atoms with Crippen LogP contribution in [0.5, 0.6) is 0 Å². The van der Waals surface area contributed by atoms with Crippen molar-refractivity contribution in [1.82, 2.24) is 20.2 Å². The van der Waals surface area contributed by atoms with Gasteiger partial charge in [-0.25, -0.2) is 9.37 Å². The third-order valence-electron chi connectivity index (χ3n) is 6.27. The molecule has 0 radical (unpaired) electrons. The number of nitrogens with zero attached hydrogens (tertiary/aromatic N) is 4. The molecule has 10 heteroatoms. The summed E-state index contributed by atoms with van der Waals surface area (Å²) in [5.41, 5.74) is 2.46. The van der Waals surface area contributed by atoms with Crippen molar-refractivity contribution in [3.8, 4) is 0 Å². The Bertz CT molecular complexity index is 959. The maximum Gasteiger partial charge on any atom is 0.228 e. The Balaban J connectivity index is 1.69. The van der Waals surface area contributed by atoms with Crippen LogP contribution in [-0.4, -0.2) is 86.2 Å². The minimum atomic E-state index is -0.293. The zero-order valence-electron chi connectivity index (χ0n) is 20.6. The quantitative estimate of drug-likeness (QED) is 0.285. The summed E-state index contributed by atoms with van der Waals surface area (Å²) in [6.07, 6.45) is 3.58. The van der Waals surface area contributed by atoms with Crippen molar-refractivity contribution >= 4 is 28.9 Å². The smallest absolute Gasteiger partial charge is 0.228 e. The first-order valence-electron chi connectivity index (χ1n) is 12.7. The van der Waals surface area contributed by atoms with Crippen molar-refractivity contribution in [2.75, 3.05) is 81.1 Å². The van der Waals surface area contributed by atoms with Gasteiger partial charge in [-0.3, -0.25) is 4.90 Å². The van der Waals surface area contributed by atoms with Crippen molar-refractivity contribution in [3.05, 3.63) is 35.8 Å². The average Bonchev–Trinajstić information content (AvgIpc) is 2.89. The van der Waals surface area contributed by atoms with Gasteiger partial charge in [0.1, 0.15) is 17.2 Å². The molecule has 190 valence electrons. The van der Waals surface area contributed by atoms with Crippen molar-refractivity contribution in [2.45, 2.75) is 26.2 Å². The van der Waals surface area contributed by atoms with Crippen molar-refractivity contribution in [3.63, 3.8) is 0 Å². The van der Waals surface area contributed by atoms with Gasteiger partial charge in [0.2, 0.25) is 5.95 Å². The topological polar surface area (TPSA) is 101 Å². The summed E-state index contributed by atoms with van der Waals surface area (Å²) in [4.78, 5) is 14.3. The lowest BCUT2D eigenvalue weighted by Gasteiger charge is -2.30. The van der Waals surface area contributed by atoms with Gasteiger partial charge in [0.25, 0.3) is 0 Å². The fourth-order valence-electron chi connectivity index (χ4n) is 4.41. The second-order valence-corrected chi connectivity index (χ2v) is 8.90. The van der Waals surface area contributed by atoms with E-state index in [0.717, 1.165) is 45.0 Å². The second-order valence-electron chi connectivity index (χ2n) is 8.90. The zero-order chi connectivity index (χ0) is 24.5. The SMILES string of the molecule is CCOCCNc1c(Nc2ccc(F)cc2)nc(N2CCNCC2)nc1C(=N)CN1CCCCC1. The Hall–Kier alpha value is -2.82. The van der Waals surface area contributed by atoms with Gasteiger partial charge in [-0.2, -0.15) is 4.98 Å². The Morgan fingerprint density at radius 1 is 1.09 bits per heavy atom. The van der Waals surface area contributed by atoms with Gasteiger partial charge in [-0.15, -0.1) is 0 Å². The maximum absolute atomic E-state index is 13.5. The summed E-state index contributed by atoms with van der Waals surface area (Å²) in [5.74, 6) is 0.888. The number of hydrogen-bond acceptors (Lipinski definition) is 9. The second kappa shape index (κ2) is 12.8. The normalized spacial score (nSPS) is 16.8. The molecule has 2 fully saturated rings. The van der Waals surface area contributed by atoms with Crippen molar-refractivity contribution in [2.24, 2.45) is 0 Å². The van der Waals surface area contributed by atoms with E-state index in [1.165, 1.54) is 31.4 Å². The Morgan fingerprint density at radius 2 is 1.83 bits per heavy atom. The van der Waals surface area contributed by atoms with Crippen LogP contribution in [0, 0.1) is 11.2 Å². The number of aromatic nitrogens is 2. The van der Waals surface area contributed by atoms with Crippen molar-refractivity contribution in [1.29, 1.82) is 5.41 Å².